The number of hydrogen-bond donors (Lipinski definition) is 1. The van der Waals surface area contributed by atoms with Gasteiger partial charge in [-0.3, -0.25) is 9.79 Å². The van der Waals surface area contributed by atoms with Crippen molar-refractivity contribution < 1.29 is 44.3 Å². The molecule has 0 saturated carbocycles. The van der Waals surface area contributed by atoms with E-state index >= 15 is 0 Å². The second kappa shape index (κ2) is 9.40. The summed E-state index contributed by atoms with van der Waals surface area (Å²) in [4.78, 5) is 17.9. The van der Waals surface area contributed by atoms with Crippen molar-refractivity contribution in [3.05, 3.63) is 64.5 Å². The van der Waals surface area contributed by atoms with Crippen LogP contribution in [0.1, 0.15) is 66.9 Å². The van der Waals surface area contributed by atoms with Crippen LogP contribution < -0.4 is 5.32 Å². The largest absolute Gasteiger partial charge is 0.433 e. The minimum atomic E-state index is -5.41. The molecule has 3 rings (SSSR count). The van der Waals surface area contributed by atoms with Gasteiger partial charge in [-0.05, 0) is 42.2 Å². The molecule has 36 heavy (non-hydrogen) atoms. The van der Waals surface area contributed by atoms with Gasteiger partial charge in [0.2, 0.25) is 5.91 Å². The number of carbonyl (C=O) groups is 1. The van der Waals surface area contributed by atoms with E-state index in [0.717, 1.165) is 0 Å². The highest BCUT2D eigenvalue weighted by atomic mass is 19.4. The van der Waals surface area contributed by atoms with Crippen LogP contribution in [-0.4, -0.2) is 23.3 Å². The molecule has 3 unspecified atom stereocenters. The van der Waals surface area contributed by atoms with Gasteiger partial charge in [-0.1, -0.05) is 31.2 Å². The van der Waals surface area contributed by atoms with E-state index in [1.807, 2.05) is 0 Å². The summed E-state index contributed by atoms with van der Waals surface area (Å²) in [6.07, 6.45) is -16.4. The lowest BCUT2D eigenvalue weighted by Crippen LogP contribution is -2.43. The van der Waals surface area contributed by atoms with Crippen LogP contribution in [-0.2, 0) is 22.6 Å². The Kier molecular flexibility index (Phi) is 7.17. The average Bonchev–Trinajstić information content (AvgIpc) is 3.24. The number of nitrogens with zero attached hydrogens (tertiary/aromatic N) is 2. The maximum absolute atomic E-state index is 14.3. The Morgan fingerprint density at radius 2 is 1.53 bits per heavy atom. The molecular weight excluding hydrogens is 505 g/mol. The highest BCUT2D eigenvalue weighted by Gasteiger charge is 2.59. The zero-order valence-corrected chi connectivity index (χ0v) is 18.8. The lowest BCUT2D eigenvalue weighted by Gasteiger charge is -2.31. The van der Waals surface area contributed by atoms with Crippen molar-refractivity contribution in [1.29, 1.82) is 0 Å². The monoisotopic (exact) mass is 525 g/mol. The quantitative estimate of drug-likeness (QED) is 0.441. The van der Waals surface area contributed by atoms with Crippen LogP contribution in [0.5, 0.6) is 0 Å². The van der Waals surface area contributed by atoms with Crippen LogP contribution in [0.25, 0.3) is 0 Å². The first-order valence-electron chi connectivity index (χ1n) is 10.6. The van der Waals surface area contributed by atoms with Crippen molar-refractivity contribution in [2.75, 3.05) is 0 Å². The van der Waals surface area contributed by atoms with Gasteiger partial charge in [0.25, 0.3) is 0 Å². The molecule has 1 aliphatic heterocycles. The van der Waals surface area contributed by atoms with Gasteiger partial charge in [0, 0.05) is 12.6 Å². The van der Waals surface area contributed by atoms with E-state index in [9.17, 15) is 44.3 Å². The lowest BCUT2D eigenvalue weighted by molar-refractivity contribution is -0.170. The molecule has 2 heterocycles. The summed E-state index contributed by atoms with van der Waals surface area (Å²) >= 11 is 0. The summed E-state index contributed by atoms with van der Waals surface area (Å²) in [6, 6.07) is 4.39. The normalized spacial score (nSPS) is 21.5. The smallest absolute Gasteiger partial charge is 0.350 e. The van der Waals surface area contributed by atoms with Crippen LogP contribution in [0, 0.1) is 0 Å². The third kappa shape index (κ3) is 5.49. The number of aliphatic imine (C=N–C) groups is 1. The third-order valence-corrected chi connectivity index (χ3v) is 5.94. The van der Waals surface area contributed by atoms with E-state index in [2.05, 4.69) is 15.3 Å². The van der Waals surface area contributed by atoms with Crippen molar-refractivity contribution in [2.45, 2.75) is 62.7 Å². The Bertz CT molecular complexity index is 1110. The minimum absolute atomic E-state index is 0.0156. The SMILES string of the molecule is CCC(=O)NC(C)c1ccc(C2CC(c3cc(C(F)(F)F)nc(C(F)(F)F)c3)(C(F)(F)F)C=N2)cc1. The molecule has 0 aliphatic carbocycles. The van der Waals surface area contributed by atoms with Gasteiger partial charge in [-0.25, -0.2) is 4.98 Å². The van der Waals surface area contributed by atoms with Crippen molar-refractivity contribution in [2.24, 2.45) is 4.99 Å². The predicted octanol–water partition coefficient (Wildman–Crippen LogP) is 6.72. The van der Waals surface area contributed by atoms with Crippen LogP contribution in [0.15, 0.2) is 41.4 Å². The van der Waals surface area contributed by atoms with Gasteiger partial charge in [-0.2, -0.15) is 39.5 Å². The summed E-state index contributed by atoms with van der Waals surface area (Å²) in [5.74, 6) is -0.212. The molecule has 0 radical (unpaired) electrons. The molecule has 1 amide bonds. The fourth-order valence-electron chi connectivity index (χ4n) is 3.89. The van der Waals surface area contributed by atoms with E-state index in [0.29, 0.717) is 11.8 Å². The molecule has 4 nitrogen and oxygen atoms in total. The van der Waals surface area contributed by atoms with Crippen molar-refractivity contribution in [3.63, 3.8) is 0 Å². The Hall–Kier alpha value is -3.12. The van der Waals surface area contributed by atoms with Crippen LogP contribution in [0.2, 0.25) is 0 Å². The number of carbonyl (C=O) groups excluding carboxylic acids is 1. The predicted molar refractivity (Wildman–Crippen MR) is 111 cm³/mol. The summed E-state index contributed by atoms with van der Waals surface area (Å²) in [5, 5.41) is 2.72. The Morgan fingerprint density at radius 1 is 1.00 bits per heavy atom. The number of rotatable bonds is 5. The molecule has 2 aromatic rings. The maximum Gasteiger partial charge on any atom is 0.433 e. The van der Waals surface area contributed by atoms with Gasteiger partial charge < -0.3 is 5.32 Å². The molecule has 0 spiro atoms. The lowest BCUT2D eigenvalue weighted by atomic mass is 9.76. The molecular formula is C23H20F9N3O. The third-order valence-electron chi connectivity index (χ3n) is 5.94. The summed E-state index contributed by atoms with van der Waals surface area (Å²) < 4.78 is 122. The molecule has 13 heteroatoms. The standard InChI is InChI=1S/C23H20F9N3O/c1-3-19(36)34-12(2)13-4-6-14(7-5-13)16-10-20(11-33-16,23(30,31)32)15-8-17(21(24,25)26)35-18(9-15)22(27,28)29/h4-9,11-12,16H,3,10H2,1-2H3,(H,34,36). The van der Waals surface area contributed by atoms with Crippen molar-refractivity contribution in [3.8, 4) is 0 Å². The van der Waals surface area contributed by atoms with Crippen LogP contribution in [0.3, 0.4) is 0 Å². The summed E-state index contributed by atoms with van der Waals surface area (Å²) in [6.45, 7) is 3.36. The molecule has 1 N–H and O–H groups in total. The fourth-order valence-corrected chi connectivity index (χ4v) is 3.89. The highest BCUT2D eigenvalue weighted by Crippen LogP contribution is 2.51. The van der Waals surface area contributed by atoms with Crippen LogP contribution >= 0.6 is 0 Å². The Balaban J connectivity index is 2.00. The van der Waals surface area contributed by atoms with Crippen LogP contribution in [0.4, 0.5) is 39.5 Å². The zero-order chi connectivity index (χ0) is 27.1. The number of benzene rings is 1. The number of amides is 1. The maximum atomic E-state index is 14.3. The van der Waals surface area contributed by atoms with E-state index in [1.54, 1.807) is 26.0 Å². The molecule has 3 atom stereocenters. The van der Waals surface area contributed by atoms with Gasteiger partial charge in [0.1, 0.15) is 16.8 Å². The minimum Gasteiger partial charge on any atom is -0.350 e. The number of halogens is 9. The molecule has 1 aliphatic rings. The highest BCUT2D eigenvalue weighted by molar-refractivity contribution is 5.78. The van der Waals surface area contributed by atoms with E-state index in [-0.39, 0.29) is 30.0 Å². The molecule has 1 aromatic heterocycles. The number of aromatic nitrogens is 1. The molecule has 196 valence electrons. The topological polar surface area (TPSA) is 54.4 Å². The van der Waals surface area contributed by atoms with E-state index < -0.39 is 59.4 Å². The number of nitrogens with one attached hydrogen (secondary N) is 1. The summed E-state index contributed by atoms with van der Waals surface area (Å²) in [5.41, 5.74) is -7.69. The molecule has 1 aromatic carbocycles. The number of alkyl halides is 9. The van der Waals surface area contributed by atoms with Crippen molar-refractivity contribution in [1.82, 2.24) is 10.3 Å². The Labute approximate surface area is 199 Å². The van der Waals surface area contributed by atoms with E-state index in [1.165, 1.54) is 12.1 Å². The van der Waals surface area contributed by atoms with Gasteiger partial charge >= 0.3 is 18.5 Å². The van der Waals surface area contributed by atoms with Crippen molar-refractivity contribution >= 4 is 12.1 Å². The molecule has 0 saturated heterocycles. The molecule has 0 fully saturated rings. The van der Waals surface area contributed by atoms with Gasteiger partial charge in [-0.15, -0.1) is 0 Å². The second-order valence-corrected chi connectivity index (χ2v) is 8.40. The van der Waals surface area contributed by atoms with Gasteiger partial charge in [0.05, 0.1) is 12.1 Å². The number of pyridine rings is 1. The van der Waals surface area contributed by atoms with Gasteiger partial charge in [0.15, 0.2) is 0 Å². The fraction of sp³-hybridized carbons (Fsp3) is 0.435. The second-order valence-electron chi connectivity index (χ2n) is 8.40. The first-order valence-corrected chi connectivity index (χ1v) is 10.6. The number of hydrogen-bond acceptors (Lipinski definition) is 3. The first kappa shape index (κ1) is 27.5. The first-order chi connectivity index (χ1) is 16.5. The molecule has 0 bridgehead atoms. The van der Waals surface area contributed by atoms with E-state index in [4.69, 9.17) is 0 Å². The average molecular weight is 525 g/mol. The summed E-state index contributed by atoms with van der Waals surface area (Å²) in [7, 11) is 0. The Morgan fingerprint density at radius 3 is 1.97 bits per heavy atom. The zero-order valence-electron chi connectivity index (χ0n) is 18.8.